The first-order chi connectivity index (χ1) is 7.63. The Hall–Kier alpha value is -0.690. The molecule has 84 valence electrons. The molecule has 0 aliphatic heterocycles. The van der Waals surface area contributed by atoms with Gasteiger partial charge in [0.25, 0.3) is 5.56 Å². The molecule has 0 bridgehead atoms. The third-order valence-electron chi connectivity index (χ3n) is 2.39. The molecule has 0 aliphatic rings. The molecule has 0 spiro atoms. The van der Waals surface area contributed by atoms with Gasteiger partial charge in [-0.1, -0.05) is 6.92 Å². The predicted octanol–water partition coefficient (Wildman–Crippen LogP) is 3.07. The Morgan fingerprint density at radius 1 is 1.50 bits per heavy atom. The minimum atomic E-state index is -0.000819. The van der Waals surface area contributed by atoms with Gasteiger partial charge in [0.2, 0.25) is 0 Å². The van der Waals surface area contributed by atoms with Gasteiger partial charge in [0.1, 0.15) is 0 Å². The zero-order valence-electron chi connectivity index (χ0n) is 8.79. The highest BCUT2D eigenvalue weighted by atomic mass is 127. The average molecular weight is 346 g/mol. The van der Waals surface area contributed by atoms with Crippen LogP contribution in [-0.4, -0.2) is 9.55 Å². The van der Waals surface area contributed by atoms with Crippen LogP contribution in [0.1, 0.15) is 13.3 Å². The van der Waals surface area contributed by atoms with Crippen LogP contribution < -0.4 is 5.56 Å². The maximum atomic E-state index is 12.2. The summed E-state index contributed by atoms with van der Waals surface area (Å²) < 4.78 is 3.17. The fraction of sp³-hybridized carbons (Fsp3) is 0.273. The van der Waals surface area contributed by atoms with Crippen LogP contribution in [0.2, 0.25) is 0 Å². The summed E-state index contributed by atoms with van der Waals surface area (Å²) in [5.41, 5.74) is 0.807. The largest absolute Gasteiger partial charge is 0.332 e. The van der Waals surface area contributed by atoms with Gasteiger partial charge in [0, 0.05) is 10.1 Å². The summed E-state index contributed by atoms with van der Waals surface area (Å²) in [5.74, 6) is 0. The van der Waals surface area contributed by atoms with E-state index in [1.807, 2.05) is 25.1 Å². The van der Waals surface area contributed by atoms with E-state index in [4.69, 9.17) is 12.2 Å². The predicted molar refractivity (Wildman–Crippen MR) is 76.4 cm³/mol. The first-order valence-electron chi connectivity index (χ1n) is 5.06. The molecule has 0 amide bonds. The van der Waals surface area contributed by atoms with Crippen LogP contribution in [0.15, 0.2) is 23.0 Å². The van der Waals surface area contributed by atoms with Gasteiger partial charge in [0.15, 0.2) is 4.77 Å². The number of benzene rings is 1. The average Bonchev–Trinajstić information content (AvgIpc) is 2.26. The number of hydrogen-bond donors (Lipinski definition) is 1. The Bertz CT molecular complexity index is 644. The van der Waals surface area contributed by atoms with Crippen LogP contribution in [0.3, 0.4) is 0 Å². The van der Waals surface area contributed by atoms with Crippen LogP contribution in [0, 0.1) is 8.34 Å². The summed E-state index contributed by atoms with van der Waals surface area (Å²) in [4.78, 5) is 15.2. The Labute approximate surface area is 112 Å². The number of hydrogen-bond acceptors (Lipinski definition) is 2. The van der Waals surface area contributed by atoms with E-state index in [2.05, 4.69) is 27.6 Å². The number of rotatable bonds is 2. The second-order valence-corrected chi connectivity index (χ2v) is 5.21. The normalized spacial score (nSPS) is 10.9. The number of nitrogens with zero attached hydrogens (tertiary/aromatic N) is 1. The van der Waals surface area contributed by atoms with Crippen molar-refractivity contribution >= 4 is 45.7 Å². The second-order valence-electron chi connectivity index (χ2n) is 3.58. The number of H-pyrrole nitrogens is 1. The van der Waals surface area contributed by atoms with Crippen LogP contribution in [0.5, 0.6) is 0 Å². The minimum absolute atomic E-state index is 0.000819. The highest BCUT2D eigenvalue weighted by Gasteiger charge is 2.04. The first-order valence-corrected chi connectivity index (χ1v) is 6.54. The number of fused-ring (bicyclic) bond motifs is 1. The van der Waals surface area contributed by atoms with Gasteiger partial charge < -0.3 is 4.98 Å². The third kappa shape index (κ3) is 2.06. The number of aromatic amines is 1. The zero-order valence-corrected chi connectivity index (χ0v) is 11.8. The molecule has 2 rings (SSSR count). The van der Waals surface area contributed by atoms with Crippen LogP contribution in [0.4, 0.5) is 0 Å². The molecule has 0 aliphatic carbocycles. The maximum absolute atomic E-state index is 12.2. The SMILES string of the molecule is CCCn1c(=S)[nH]c2ccc(I)cc2c1=O. The number of nitrogens with one attached hydrogen (secondary N) is 1. The lowest BCUT2D eigenvalue weighted by atomic mass is 10.2. The molecule has 0 saturated heterocycles. The van der Waals surface area contributed by atoms with Crippen molar-refractivity contribution in [3.8, 4) is 0 Å². The maximum Gasteiger partial charge on any atom is 0.262 e. The lowest BCUT2D eigenvalue weighted by molar-refractivity contribution is 0.638. The molecule has 1 aromatic carbocycles. The van der Waals surface area contributed by atoms with E-state index in [0.29, 0.717) is 16.7 Å². The standard InChI is InChI=1S/C11H11IN2OS/c1-2-5-14-10(15)8-6-7(12)3-4-9(8)13-11(14)16/h3-4,6H,2,5H2,1H3,(H,13,16). The van der Waals surface area contributed by atoms with Crippen molar-refractivity contribution in [2.75, 3.05) is 0 Å². The molecule has 1 N–H and O–H groups in total. The lowest BCUT2D eigenvalue weighted by Crippen LogP contribution is -2.22. The second kappa shape index (κ2) is 4.67. The molecule has 3 nitrogen and oxygen atoms in total. The summed E-state index contributed by atoms with van der Waals surface area (Å²) in [6.07, 6.45) is 0.896. The Kier molecular flexibility index (Phi) is 3.44. The molecule has 0 fully saturated rings. The Morgan fingerprint density at radius 2 is 2.25 bits per heavy atom. The van der Waals surface area contributed by atoms with E-state index in [-0.39, 0.29) is 5.56 Å². The molecule has 2 aromatic rings. The van der Waals surface area contributed by atoms with Crippen molar-refractivity contribution in [2.24, 2.45) is 0 Å². The van der Waals surface area contributed by atoms with Gasteiger partial charge in [-0.3, -0.25) is 9.36 Å². The molecule has 1 aromatic heterocycles. The molecular weight excluding hydrogens is 335 g/mol. The Balaban J connectivity index is 2.85. The van der Waals surface area contributed by atoms with Crippen molar-refractivity contribution in [1.82, 2.24) is 9.55 Å². The highest BCUT2D eigenvalue weighted by molar-refractivity contribution is 14.1. The monoisotopic (exact) mass is 346 g/mol. The van der Waals surface area contributed by atoms with Gasteiger partial charge in [-0.15, -0.1) is 0 Å². The number of aromatic nitrogens is 2. The summed E-state index contributed by atoms with van der Waals surface area (Å²) in [5, 5.41) is 0.703. The Morgan fingerprint density at radius 3 is 2.94 bits per heavy atom. The highest BCUT2D eigenvalue weighted by Crippen LogP contribution is 2.12. The van der Waals surface area contributed by atoms with Crippen molar-refractivity contribution in [1.29, 1.82) is 0 Å². The summed E-state index contributed by atoms with van der Waals surface area (Å²) in [6.45, 7) is 2.69. The molecule has 5 heteroatoms. The third-order valence-corrected chi connectivity index (χ3v) is 3.38. The zero-order chi connectivity index (χ0) is 11.7. The van der Waals surface area contributed by atoms with Crippen molar-refractivity contribution in [2.45, 2.75) is 19.9 Å². The number of halogens is 1. The van der Waals surface area contributed by atoms with Crippen molar-refractivity contribution < 1.29 is 0 Å². The molecule has 1 heterocycles. The van der Waals surface area contributed by atoms with Gasteiger partial charge in [-0.2, -0.15) is 0 Å². The van der Waals surface area contributed by atoms with Crippen molar-refractivity contribution in [3.63, 3.8) is 0 Å². The van der Waals surface area contributed by atoms with Crippen LogP contribution >= 0.6 is 34.8 Å². The first kappa shape index (κ1) is 11.8. The van der Waals surface area contributed by atoms with E-state index in [1.165, 1.54) is 0 Å². The molecular formula is C11H11IN2OS. The van der Waals surface area contributed by atoms with Gasteiger partial charge >= 0.3 is 0 Å². The van der Waals surface area contributed by atoms with Gasteiger partial charge in [-0.25, -0.2) is 0 Å². The summed E-state index contributed by atoms with van der Waals surface area (Å²) >= 11 is 7.37. The smallest absolute Gasteiger partial charge is 0.262 e. The minimum Gasteiger partial charge on any atom is -0.332 e. The quantitative estimate of drug-likeness (QED) is 0.670. The fourth-order valence-corrected chi connectivity index (χ4v) is 2.42. The molecule has 0 unspecified atom stereocenters. The fourth-order valence-electron chi connectivity index (χ4n) is 1.65. The molecule has 0 atom stereocenters. The lowest BCUT2D eigenvalue weighted by Gasteiger charge is -2.06. The van der Waals surface area contributed by atoms with E-state index in [9.17, 15) is 4.79 Å². The molecule has 0 saturated carbocycles. The summed E-state index contributed by atoms with van der Waals surface area (Å²) in [6, 6.07) is 5.73. The van der Waals surface area contributed by atoms with E-state index in [1.54, 1.807) is 4.57 Å². The van der Waals surface area contributed by atoms with E-state index >= 15 is 0 Å². The molecule has 0 radical (unpaired) electrons. The van der Waals surface area contributed by atoms with E-state index in [0.717, 1.165) is 15.5 Å². The topological polar surface area (TPSA) is 37.8 Å². The summed E-state index contributed by atoms with van der Waals surface area (Å²) in [7, 11) is 0. The molecule has 16 heavy (non-hydrogen) atoms. The van der Waals surface area contributed by atoms with Crippen LogP contribution in [0.25, 0.3) is 10.9 Å². The van der Waals surface area contributed by atoms with Crippen molar-refractivity contribution in [3.05, 3.63) is 36.9 Å². The van der Waals surface area contributed by atoms with Gasteiger partial charge in [0.05, 0.1) is 10.9 Å². The van der Waals surface area contributed by atoms with Gasteiger partial charge in [-0.05, 0) is 59.4 Å². The van der Waals surface area contributed by atoms with Crippen LogP contribution in [-0.2, 0) is 6.54 Å². The van der Waals surface area contributed by atoms with E-state index < -0.39 is 0 Å².